The maximum atomic E-state index is 13.7. The first-order valence-electron chi connectivity index (χ1n) is 9.14. The highest BCUT2D eigenvalue weighted by Gasteiger charge is 2.24. The first-order chi connectivity index (χ1) is 13.1. The van der Waals surface area contributed by atoms with Gasteiger partial charge >= 0.3 is 0 Å². The van der Waals surface area contributed by atoms with Crippen molar-refractivity contribution in [2.75, 3.05) is 33.9 Å². The highest BCUT2D eigenvalue weighted by Crippen LogP contribution is 2.30. The minimum absolute atomic E-state index is 0.0124. The number of ether oxygens (including phenoxy) is 3. The molecule has 0 unspecified atom stereocenters. The summed E-state index contributed by atoms with van der Waals surface area (Å²) in [5.74, 6) is 1.29. The lowest BCUT2D eigenvalue weighted by Gasteiger charge is -2.33. The second kappa shape index (κ2) is 9.06. The van der Waals surface area contributed by atoms with Crippen LogP contribution in [-0.4, -0.2) is 50.0 Å². The Bertz CT molecular complexity index is 747. The van der Waals surface area contributed by atoms with Gasteiger partial charge < -0.3 is 24.2 Å². The Morgan fingerprint density at radius 1 is 1.07 bits per heavy atom. The molecule has 146 valence electrons. The molecule has 1 aliphatic rings. The molecule has 0 aliphatic carbocycles. The monoisotopic (exact) mass is 375 g/mol. The summed E-state index contributed by atoms with van der Waals surface area (Å²) in [7, 11) is 3.18. The second-order valence-corrected chi connectivity index (χ2v) is 6.67. The van der Waals surface area contributed by atoms with E-state index in [1.54, 1.807) is 50.6 Å². The van der Waals surface area contributed by atoms with Crippen LogP contribution in [0.5, 0.6) is 17.2 Å². The number of rotatable bonds is 7. The van der Waals surface area contributed by atoms with Crippen LogP contribution >= 0.6 is 0 Å². The molecule has 1 heterocycles. The van der Waals surface area contributed by atoms with Crippen LogP contribution in [0.4, 0.5) is 4.39 Å². The minimum Gasteiger partial charge on any atom is -0.497 e. The lowest BCUT2D eigenvalue weighted by Crippen LogP contribution is -2.40. The number of aliphatic hydroxyl groups is 1. The molecule has 2 aromatic carbocycles. The van der Waals surface area contributed by atoms with Crippen molar-refractivity contribution in [1.82, 2.24) is 4.90 Å². The van der Waals surface area contributed by atoms with Crippen molar-refractivity contribution in [3.63, 3.8) is 0 Å². The average molecular weight is 375 g/mol. The average Bonchev–Trinajstić information content (AvgIpc) is 2.70. The lowest BCUT2D eigenvalue weighted by atomic mass is 10.0. The van der Waals surface area contributed by atoms with Crippen molar-refractivity contribution in [3.8, 4) is 17.2 Å². The molecule has 1 fully saturated rings. The van der Waals surface area contributed by atoms with Crippen molar-refractivity contribution in [3.05, 3.63) is 53.8 Å². The molecule has 0 spiro atoms. The number of β-amino-alcohol motifs (C(OH)–C–C–N with tert-alkyl or cyclic N) is 1. The van der Waals surface area contributed by atoms with Crippen LogP contribution in [0, 0.1) is 5.82 Å². The summed E-state index contributed by atoms with van der Waals surface area (Å²) in [6.07, 6.45) is 0.882. The summed E-state index contributed by atoms with van der Waals surface area (Å²) in [5.41, 5.74) is 0.710. The van der Waals surface area contributed by atoms with Crippen molar-refractivity contribution in [2.24, 2.45) is 0 Å². The molecule has 1 aliphatic heterocycles. The highest BCUT2D eigenvalue weighted by atomic mass is 19.1. The Hall–Kier alpha value is -2.31. The maximum absolute atomic E-state index is 13.7. The van der Waals surface area contributed by atoms with Crippen LogP contribution in [0.2, 0.25) is 0 Å². The van der Waals surface area contributed by atoms with Gasteiger partial charge in [-0.3, -0.25) is 0 Å². The van der Waals surface area contributed by atoms with Gasteiger partial charge in [0, 0.05) is 25.2 Å². The molecular formula is C21H26FNO4. The smallest absolute Gasteiger partial charge is 0.165 e. The summed E-state index contributed by atoms with van der Waals surface area (Å²) < 4.78 is 30.1. The van der Waals surface area contributed by atoms with Gasteiger partial charge in [0.1, 0.15) is 17.6 Å². The van der Waals surface area contributed by atoms with Gasteiger partial charge in [-0.05, 0) is 43.2 Å². The summed E-state index contributed by atoms with van der Waals surface area (Å²) in [6.45, 7) is 2.06. The molecule has 0 amide bonds. The van der Waals surface area contributed by atoms with Gasteiger partial charge in [-0.1, -0.05) is 12.1 Å². The van der Waals surface area contributed by atoms with Crippen molar-refractivity contribution >= 4 is 0 Å². The predicted octanol–water partition coefficient (Wildman–Crippen LogP) is 3.42. The molecule has 6 heteroatoms. The largest absolute Gasteiger partial charge is 0.497 e. The third-order valence-corrected chi connectivity index (χ3v) is 4.89. The van der Waals surface area contributed by atoms with E-state index in [1.165, 1.54) is 6.07 Å². The molecule has 5 nitrogen and oxygen atoms in total. The normalized spacial score (nSPS) is 16.7. The molecule has 1 saturated heterocycles. The molecular weight excluding hydrogens is 349 g/mol. The van der Waals surface area contributed by atoms with E-state index in [2.05, 4.69) is 4.90 Å². The van der Waals surface area contributed by atoms with E-state index >= 15 is 0 Å². The summed E-state index contributed by atoms with van der Waals surface area (Å²) in [4.78, 5) is 2.19. The van der Waals surface area contributed by atoms with Crippen LogP contribution < -0.4 is 14.2 Å². The number of halogens is 1. The topological polar surface area (TPSA) is 51.2 Å². The van der Waals surface area contributed by atoms with Crippen LogP contribution in [0.25, 0.3) is 0 Å². The Balaban J connectivity index is 1.55. The van der Waals surface area contributed by atoms with Crippen molar-refractivity contribution in [2.45, 2.75) is 25.0 Å². The highest BCUT2D eigenvalue weighted by molar-refractivity contribution is 5.41. The number of piperidine rings is 1. The Morgan fingerprint density at radius 2 is 1.81 bits per heavy atom. The van der Waals surface area contributed by atoms with E-state index in [0.29, 0.717) is 29.4 Å². The third kappa shape index (κ3) is 4.90. The molecule has 0 saturated carbocycles. The number of benzene rings is 2. The number of methoxy groups -OCH3 is 2. The maximum Gasteiger partial charge on any atom is 0.165 e. The van der Waals surface area contributed by atoms with Crippen LogP contribution in [0.3, 0.4) is 0 Å². The number of para-hydroxylation sites is 1. The quantitative estimate of drug-likeness (QED) is 0.804. The standard InChI is InChI=1S/C21H26FNO4/c1-25-16-7-8-20(26-2)17(13-16)19(24)14-23-11-9-15(10-12-23)27-21-6-4-3-5-18(21)22/h3-8,13,15,19,24H,9-12,14H2,1-2H3/t19-/m1/s1. The number of hydrogen-bond acceptors (Lipinski definition) is 5. The van der Waals surface area contributed by atoms with Gasteiger partial charge in [0.05, 0.1) is 20.3 Å². The van der Waals surface area contributed by atoms with E-state index < -0.39 is 6.10 Å². The Kier molecular flexibility index (Phi) is 6.53. The zero-order valence-corrected chi connectivity index (χ0v) is 15.7. The zero-order valence-electron chi connectivity index (χ0n) is 15.7. The van der Waals surface area contributed by atoms with Gasteiger partial charge in [0.25, 0.3) is 0 Å². The predicted molar refractivity (Wildman–Crippen MR) is 101 cm³/mol. The Labute approximate surface area is 159 Å². The fourth-order valence-electron chi connectivity index (χ4n) is 3.37. The Morgan fingerprint density at radius 3 is 2.48 bits per heavy atom. The second-order valence-electron chi connectivity index (χ2n) is 6.67. The molecule has 3 rings (SSSR count). The van der Waals surface area contributed by atoms with E-state index in [-0.39, 0.29) is 11.9 Å². The molecule has 0 aromatic heterocycles. The lowest BCUT2D eigenvalue weighted by molar-refractivity contribution is 0.0586. The number of hydrogen-bond donors (Lipinski definition) is 1. The van der Waals surface area contributed by atoms with Gasteiger partial charge in [-0.25, -0.2) is 4.39 Å². The number of aliphatic hydroxyl groups excluding tert-OH is 1. The first kappa shape index (κ1) is 19.5. The summed E-state index contributed by atoms with van der Waals surface area (Å²) in [6, 6.07) is 11.9. The van der Waals surface area contributed by atoms with Crippen LogP contribution in [0.15, 0.2) is 42.5 Å². The van der Waals surface area contributed by atoms with Crippen molar-refractivity contribution < 1.29 is 23.7 Å². The summed E-state index contributed by atoms with van der Waals surface area (Å²) >= 11 is 0. The first-order valence-corrected chi connectivity index (χ1v) is 9.14. The van der Waals surface area contributed by atoms with Gasteiger partial charge in [-0.2, -0.15) is 0 Å². The fourth-order valence-corrected chi connectivity index (χ4v) is 3.37. The summed E-state index contributed by atoms with van der Waals surface area (Å²) in [5, 5.41) is 10.7. The van der Waals surface area contributed by atoms with Crippen molar-refractivity contribution in [1.29, 1.82) is 0 Å². The third-order valence-electron chi connectivity index (χ3n) is 4.89. The van der Waals surface area contributed by atoms with E-state index in [0.717, 1.165) is 25.9 Å². The van der Waals surface area contributed by atoms with E-state index in [1.807, 2.05) is 0 Å². The number of nitrogens with zero attached hydrogens (tertiary/aromatic N) is 1. The van der Waals surface area contributed by atoms with Gasteiger partial charge in [0.15, 0.2) is 11.6 Å². The molecule has 1 N–H and O–H groups in total. The molecule has 0 radical (unpaired) electrons. The molecule has 1 atom stereocenters. The van der Waals surface area contributed by atoms with E-state index in [9.17, 15) is 9.50 Å². The van der Waals surface area contributed by atoms with Crippen LogP contribution in [0.1, 0.15) is 24.5 Å². The van der Waals surface area contributed by atoms with Gasteiger partial charge in [-0.15, -0.1) is 0 Å². The molecule has 2 aromatic rings. The van der Waals surface area contributed by atoms with E-state index in [4.69, 9.17) is 14.2 Å². The fraction of sp³-hybridized carbons (Fsp3) is 0.429. The SMILES string of the molecule is COc1ccc(OC)c([C@H](O)CN2CCC(Oc3ccccc3F)CC2)c1. The molecule has 0 bridgehead atoms. The minimum atomic E-state index is -0.681. The molecule has 27 heavy (non-hydrogen) atoms. The zero-order chi connectivity index (χ0) is 19.2. The number of likely N-dealkylation sites (tertiary alicyclic amines) is 1. The van der Waals surface area contributed by atoms with Gasteiger partial charge in [0.2, 0.25) is 0 Å². The van der Waals surface area contributed by atoms with Crippen LogP contribution in [-0.2, 0) is 0 Å².